The minimum atomic E-state index is -1.11. The van der Waals surface area contributed by atoms with Crippen molar-refractivity contribution < 1.29 is 9.90 Å². The third-order valence-corrected chi connectivity index (χ3v) is 2.06. The van der Waals surface area contributed by atoms with Gasteiger partial charge in [0.25, 0.3) is 0 Å². The molecule has 0 bridgehead atoms. The number of hydrogen-bond acceptors (Lipinski definition) is 4. The van der Waals surface area contributed by atoms with Crippen LogP contribution in [0.1, 0.15) is 10.5 Å². The number of nitrogens with zero attached hydrogens (tertiary/aromatic N) is 5. The Labute approximate surface area is 85.0 Å². The van der Waals surface area contributed by atoms with Crippen molar-refractivity contribution in [3.05, 3.63) is 18.1 Å². The fourth-order valence-corrected chi connectivity index (χ4v) is 1.35. The lowest BCUT2D eigenvalue weighted by Crippen LogP contribution is -2.05. The van der Waals surface area contributed by atoms with Crippen molar-refractivity contribution in [1.29, 1.82) is 0 Å². The zero-order valence-electron chi connectivity index (χ0n) is 8.25. The second kappa shape index (κ2) is 3.19. The van der Waals surface area contributed by atoms with Crippen molar-refractivity contribution in [1.82, 2.24) is 24.5 Å². The maximum Gasteiger partial charge on any atom is 0.358 e. The van der Waals surface area contributed by atoms with E-state index in [1.54, 1.807) is 31.1 Å². The molecule has 0 atom stereocenters. The van der Waals surface area contributed by atoms with Crippen molar-refractivity contribution in [3.63, 3.8) is 0 Å². The number of imidazole rings is 1. The molecule has 7 nitrogen and oxygen atoms in total. The van der Waals surface area contributed by atoms with Crippen molar-refractivity contribution in [2.24, 2.45) is 14.1 Å². The highest BCUT2D eigenvalue weighted by Gasteiger charge is 2.21. The van der Waals surface area contributed by atoms with Gasteiger partial charge in [-0.05, 0) is 0 Å². The van der Waals surface area contributed by atoms with Gasteiger partial charge in [0, 0.05) is 26.5 Å². The molecule has 2 aromatic heterocycles. The summed E-state index contributed by atoms with van der Waals surface area (Å²) in [6, 6.07) is 0. The highest BCUT2D eigenvalue weighted by molar-refractivity contribution is 5.91. The Morgan fingerprint density at radius 1 is 1.47 bits per heavy atom. The number of hydrogen-bond donors (Lipinski definition) is 1. The Kier molecular flexibility index (Phi) is 2.00. The van der Waals surface area contributed by atoms with E-state index in [0.717, 1.165) is 0 Å². The number of rotatable bonds is 2. The zero-order chi connectivity index (χ0) is 11.0. The molecule has 0 unspecified atom stereocenters. The van der Waals surface area contributed by atoms with Gasteiger partial charge in [0.15, 0.2) is 5.82 Å². The predicted octanol–water partition coefficient (Wildman–Crippen LogP) is -0.0862. The maximum atomic E-state index is 10.9. The van der Waals surface area contributed by atoms with Crippen LogP contribution >= 0.6 is 0 Å². The largest absolute Gasteiger partial charge is 0.476 e. The summed E-state index contributed by atoms with van der Waals surface area (Å²) in [6.45, 7) is 0. The monoisotopic (exact) mass is 207 g/mol. The van der Waals surface area contributed by atoms with E-state index in [9.17, 15) is 4.79 Å². The van der Waals surface area contributed by atoms with Crippen LogP contribution in [0.4, 0.5) is 0 Å². The molecule has 0 aliphatic heterocycles. The maximum absolute atomic E-state index is 10.9. The van der Waals surface area contributed by atoms with Gasteiger partial charge in [0.2, 0.25) is 5.69 Å². The lowest BCUT2D eigenvalue weighted by Gasteiger charge is -2.01. The minimum absolute atomic E-state index is 0.0909. The number of carboxylic acids is 1. The summed E-state index contributed by atoms with van der Waals surface area (Å²) in [5, 5.41) is 16.2. The molecule has 7 heteroatoms. The second-order valence-electron chi connectivity index (χ2n) is 3.08. The van der Waals surface area contributed by atoms with E-state index >= 15 is 0 Å². The van der Waals surface area contributed by atoms with Crippen LogP contribution in [0.5, 0.6) is 0 Å². The van der Waals surface area contributed by atoms with Gasteiger partial charge in [0.05, 0.1) is 0 Å². The van der Waals surface area contributed by atoms with Gasteiger partial charge in [-0.25, -0.2) is 14.5 Å². The first kappa shape index (κ1) is 9.38. The molecule has 0 aliphatic rings. The third-order valence-electron chi connectivity index (χ3n) is 2.06. The molecule has 2 aromatic rings. The molecule has 0 radical (unpaired) electrons. The topological polar surface area (TPSA) is 85.8 Å². The molecule has 15 heavy (non-hydrogen) atoms. The summed E-state index contributed by atoms with van der Waals surface area (Å²) in [7, 11) is 3.41. The molecular weight excluding hydrogens is 198 g/mol. The normalized spacial score (nSPS) is 10.5. The van der Waals surface area contributed by atoms with Crippen LogP contribution in [-0.2, 0) is 14.1 Å². The SMILES string of the molecule is Cn1ccnc1-c1c(C(=O)O)nnn1C. The Morgan fingerprint density at radius 3 is 2.73 bits per heavy atom. The van der Waals surface area contributed by atoms with Crippen LogP contribution in [0.2, 0.25) is 0 Å². The van der Waals surface area contributed by atoms with E-state index in [1.807, 2.05) is 0 Å². The van der Waals surface area contributed by atoms with Gasteiger partial charge in [-0.15, -0.1) is 5.10 Å². The summed E-state index contributed by atoms with van der Waals surface area (Å²) in [5.74, 6) is -0.582. The van der Waals surface area contributed by atoms with Crippen molar-refractivity contribution in [2.75, 3.05) is 0 Å². The molecule has 0 aliphatic carbocycles. The summed E-state index contributed by atoms with van der Waals surface area (Å²) in [4.78, 5) is 14.9. The lowest BCUT2D eigenvalue weighted by molar-refractivity contribution is 0.0691. The molecule has 0 amide bonds. The summed E-state index contributed by atoms with van der Waals surface area (Å²) in [6.07, 6.45) is 3.32. The zero-order valence-corrected chi connectivity index (χ0v) is 8.25. The molecular formula is C8H9N5O2. The third kappa shape index (κ3) is 1.37. The Balaban J connectivity index is 2.66. The molecule has 0 saturated carbocycles. The van der Waals surface area contributed by atoms with Gasteiger partial charge < -0.3 is 9.67 Å². The number of aromatic carboxylic acids is 1. The fourth-order valence-electron chi connectivity index (χ4n) is 1.35. The molecule has 2 heterocycles. The summed E-state index contributed by atoms with van der Waals surface area (Å²) in [5.41, 5.74) is 0.307. The van der Waals surface area contributed by atoms with Crippen LogP contribution in [-0.4, -0.2) is 35.6 Å². The molecule has 0 fully saturated rings. The first-order chi connectivity index (χ1) is 7.11. The Morgan fingerprint density at radius 2 is 2.20 bits per heavy atom. The predicted molar refractivity (Wildman–Crippen MR) is 50.2 cm³/mol. The standard InChI is InChI=1S/C8H9N5O2/c1-12-4-3-9-7(12)6-5(8(14)15)10-11-13(6)2/h3-4H,1-2H3,(H,14,15). The molecule has 2 rings (SSSR count). The molecule has 1 N–H and O–H groups in total. The highest BCUT2D eigenvalue weighted by atomic mass is 16.4. The second-order valence-corrected chi connectivity index (χ2v) is 3.08. The van der Waals surface area contributed by atoms with Gasteiger partial charge in [-0.3, -0.25) is 0 Å². The van der Waals surface area contributed by atoms with Crippen LogP contribution in [0.15, 0.2) is 12.4 Å². The van der Waals surface area contributed by atoms with Crippen molar-refractivity contribution >= 4 is 5.97 Å². The van der Waals surface area contributed by atoms with Gasteiger partial charge in [-0.2, -0.15) is 0 Å². The molecule has 0 saturated heterocycles. The first-order valence-electron chi connectivity index (χ1n) is 4.22. The van der Waals surface area contributed by atoms with E-state index in [2.05, 4.69) is 15.3 Å². The van der Waals surface area contributed by atoms with Crippen molar-refractivity contribution in [2.45, 2.75) is 0 Å². The number of aryl methyl sites for hydroxylation is 2. The quantitative estimate of drug-likeness (QED) is 0.744. The van der Waals surface area contributed by atoms with Crippen LogP contribution < -0.4 is 0 Å². The van der Waals surface area contributed by atoms with E-state index in [-0.39, 0.29) is 5.69 Å². The van der Waals surface area contributed by atoms with E-state index in [0.29, 0.717) is 11.5 Å². The minimum Gasteiger partial charge on any atom is -0.476 e. The van der Waals surface area contributed by atoms with Gasteiger partial charge >= 0.3 is 5.97 Å². The average molecular weight is 207 g/mol. The summed E-state index contributed by atoms with van der Waals surface area (Å²) < 4.78 is 3.11. The molecule has 78 valence electrons. The van der Waals surface area contributed by atoms with Gasteiger partial charge in [0.1, 0.15) is 5.69 Å². The van der Waals surface area contributed by atoms with E-state index in [1.165, 1.54) is 4.68 Å². The van der Waals surface area contributed by atoms with Crippen LogP contribution in [0.25, 0.3) is 11.5 Å². The smallest absolute Gasteiger partial charge is 0.358 e. The molecule has 0 aromatic carbocycles. The molecule has 0 spiro atoms. The Hall–Kier alpha value is -2.18. The number of aromatic nitrogens is 5. The summed E-state index contributed by atoms with van der Waals surface area (Å²) >= 11 is 0. The fraction of sp³-hybridized carbons (Fsp3) is 0.250. The van der Waals surface area contributed by atoms with Crippen molar-refractivity contribution in [3.8, 4) is 11.5 Å². The number of carbonyl (C=O) groups is 1. The van der Waals surface area contributed by atoms with Gasteiger partial charge in [-0.1, -0.05) is 5.21 Å². The van der Waals surface area contributed by atoms with E-state index in [4.69, 9.17) is 5.11 Å². The number of carboxylic acid groups (broad SMARTS) is 1. The van der Waals surface area contributed by atoms with Crippen LogP contribution in [0, 0.1) is 0 Å². The van der Waals surface area contributed by atoms with E-state index < -0.39 is 5.97 Å². The Bertz CT molecular complexity index is 513. The first-order valence-corrected chi connectivity index (χ1v) is 4.22. The highest BCUT2D eigenvalue weighted by Crippen LogP contribution is 2.18. The average Bonchev–Trinajstić information content (AvgIpc) is 2.71. The lowest BCUT2D eigenvalue weighted by atomic mass is 10.3. The van der Waals surface area contributed by atoms with Crippen LogP contribution in [0.3, 0.4) is 0 Å².